The third kappa shape index (κ3) is 4.25. The number of morpholine rings is 1. The second-order valence-electron chi connectivity index (χ2n) is 6.67. The van der Waals surface area contributed by atoms with Crippen LogP contribution in [0.1, 0.15) is 10.5 Å². The molecule has 2 N–H and O–H groups in total. The van der Waals surface area contributed by atoms with Gasteiger partial charge in [0, 0.05) is 24.3 Å². The molecule has 8 nitrogen and oxygen atoms in total. The van der Waals surface area contributed by atoms with Gasteiger partial charge in [0.1, 0.15) is 11.5 Å². The standard InChI is InChI=1S/C20H19FN4O4S/c21-15-3-1-14(2-4-15)18-13-19(24-23-18)20(26)22-16-5-7-17(8-6-16)30(27,28)25-9-11-29-12-10-25/h1-8,13H,9-12H2,(H,22,26)(H,23,24). The molecule has 1 fully saturated rings. The van der Waals surface area contributed by atoms with Crippen molar-refractivity contribution in [3.8, 4) is 11.3 Å². The summed E-state index contributed by atoms with van der Waals surface area (Å²) in [5.74, 6) is -0.786. The fraction of sp³-hybridized carbons (Fsp3) is 0.200. The number of nitrogens with one attached hydrogen (secondary N) is 2. The molecule has 0 radical (unpaired) electrons. The van der Waals surface area contributed by atoms with Crippen molar-refractivity contribution in [1.29, 1.82) is 0 Å². The molecule has 0 aliphatic carbocycles. The number of anilines is 1. The molecule has 2 aromatic carbocycles. The van der Waals surface area contributed by atoms with Gasteiger partial charge in [-0.3, -0.25) is 9.89 Å². The summed E-state index contributed by atoms with van der Waals surface area (Å²) in [7, 11) is -3.59. The number of rotatable bonds is 5. The Labute approximate surface area is 172 Å². The number of hydrogen-bond donors (Lipinski definition) is 2. The van der Waals surface area contributed by atoms with E-state index in [-0.39, 0.29) is 16.4 Å². The maximum Gasteiger partial charge on any atom is 0.273 e. The van der Waals surface area contributed by atoms with Crippen molar-refractivity contribution in [2.24, 2.45) is 0 Å². The first-order valence-electron chi connectivity index (χ1n) is 9.24. The van der Waals surface area contributed by atoms with E-state index in [2.05, 4.69) is 15.5 Å². The summed E-state index contributed by atoms with van der Waals surface area (Å²) in [5.41, 5.74) is 1.84. The van der Waals surface area contributed by atoms with Crippen LogP contribution in [0.25, 0.3) is 11.3 Å². The highest BCUT2D eigenvalue weighted by Gasteiger charge is 2.26. The van der Waals surface area contributed by atoms with Crippen molar-refractivity contribution in [3.63, 3.8) is 0 Å². The van der Waals surface area contributed by atoms with Crippen LogP contribution in [0.15, 0.2) is 59.5 Å². The fourth-order valence-electron chi connectivity index (χ4n) is 3.05. The van der Waals surface area contributed by atoms with E-state index in [4.69, 9.17) is 4.74 Å². The van der Waals surface area contributed by atoms with Crippen LogP contribution in [-0.2, 0) is 14.8 Å². The van der Waals surface area contributed by atoms with Crippen LogP contribution in [-0.4, -0.2) is 55.1 Å². The summed E-state index contributed by atoms with van der Waals surface area (Å²) < 4.78 is 44.9. The lowest BCUT2D eigenvalue weighted by Crippen LogP contribution is -2.40. The fourth-order valence-corrected chi connectivity index (χ4v) is 4.46. The van der Waals surface area contributed by atoms with Crippen molar-refractivity contribution in [3.05, 3.63) is 66.1 Å². The second-order valence-corrected chi connectivity index (χ2v) is 8.61. The van der Waals surface area contributed by atoms with Crippen molar-refractivity contribution in [2.45, 2.75) is 4.90 Å². The summed E-state index contributed by atoms with van der Waals surface area (Å²) in [4.78, 5) is 12.6. The van der Waals surface area contributed by atoms with Gasteiger partial charge in [-0.05, 0) is 54.6 Å². The Balaban J connectivity index is 1.44. The molecule has 3 aromatic rings. The third-order valence-corrected chi connectivity index (χ3v) is 6.60. The van der Waals surface area contributed by atoms with Crippen LogP contribution in [0.2, 0.25) is 0 Å². The average Bonchev–Trinajstić information content (AvgIpc) is 3.26. The first-order chi connectivity index (χ1) is 14.4. The molecule has 0 bridgehead atoms. The van der Waals surface area contributed by atoms with Crippen molar-refractivity contribution < 1.29 is 22.3 Å². The number of carbonyl (C=O) groups is 1. The minimum Gasteiger partial charge on any atom is -0.379 e. The number of amides is 1. The minimum absolute atomic E-state index is 0.155. The molecule has 0 atom stereocenters. The van der Waals surface area contributed by atoms with Gasteiger partial charge < -0.3 is 10.1 Å². The van der Waals surface area contributed by atoms with E-state index < -0.39 is 15.9 Å². The molecule has 0 spiro atoms. The highest BCUT2D eigenvalue weighted by molar-refractivity contribution is 7.89. The van der Waals surface area contributed by atoms with Crippen LogP contribution in [0, 0.1) is 5.82 Å². The molecule has 10 heteroatoms. The lowest BCUT2D eigenvalue weighted by molar-refractivity contribution is 0.0730. The summed E-state index contributed by atoms with van der Waals surface area (Å²) in [6.07, 6.45) is 0. The van der Waals surface area contributed by atoms with Crippen molar-refractivity contribution >= 4 is 21.6 Å². The Bertz CT molecular complexity index is 1140. The van der Waals surface area contributed by atoms with Crippen molar-refractivity contribution in [2.75, 3.05) is 31.6 Å². The van der Waals surface area contributed by atoms with Gasteiger partial charge in [-0.2, -0.15) is 9.40 Å². The molecule has 1 aromatic heterocycles. The van der Waals surface area contributed by atoms with Gasteiger partial charge in [-0.1, -0.05) is 0 Å². The molecule has 30 heavy (non-hydrogen) atoms. The molecule has 156 valence electrons. The number of H-pyrrole nitrogens is 1. The lowest BCUT2D eigenvalue weighted by atomic mass is 10.1. The molecule has 2 heterocycles. The number of hydrogen-bond acceptors (Lipinski definition) is 5. The van der Waals surface area contributed by atoms with E-state index in [1.165, 1.54) is 40.7 Å². The Morgan fingerprint density at radius 3 is 2.40 bits per heavy atom. The third-order valence-electron chi connectivity index (χ3n) is 4.68. The Kier molecular flexibility index (Phi) is 5.62. The highest BCUT2D eigenvalue weighted by atomic mass is 32.2. The Hall–Kier alpha value is -3.08. The molecule has 1 saturated heterocycles. The molecule has 0 saturated carbocycles. The number of benzene rings is 2. The van der Waals surface area contributed by atoms with Crippen molar-refractivity contribution in [1.82, 2.24) is 14.5 Å². The van der Waals surface area contributed by atoms with Gasteiger partial charge >= 0.3 is 0 Å². The van der Waals surface area contributed by atoms with Gasteiger partial charge in [0.2, 0.25) is 10.0 Å². The van der Waals surface area contributed by atoms with E-state index in [9.17, 15) is 17.6 Å². The first-order valence-corrected chi connectivity index (χ1v) is 10.7. The van der Waals surface area contributed by atoms with Gasteiger partial charge in [-0.25, -0.2) is 12.8 Å². The predicted octanol–water partition coefficient (Wildman–Crippen LogP) is 2.49. The number of nitrogens with zero attached hydrogens (tertiary/aromatic N) is 2. The van der Waals surface area contributed by atoms with E-state index in [0.29, 0.717) is 43.2 Å². The number of aromatic amines is 1. The largest absolute Gasteiger partial charge is 0.379 e. The van der Waals surface area contributed by atoms with Crippen LogP contribution >= 0.6 is 0 Å². The van der Waals surface area contributed by atoms with Crippen LogP contribution in [0.4, 0.5) is 10.1 Å². The van der Waals surface area contributed by atoms with Gasteiger partial charge in [0.15, 0.2) is 0 Å². The van der Waals surface area contributed by atoms with Crippen LogP contribution in [0.3, 0.4) is 0 Å². The average molecular weight is 430 g/mol. The highest BCUT2D eigenvalue weighted by Crippen LogP contribution is 2.21. The SMILES string of the molecule is O=C(Nc1ccc(S(=O)(=O)N2CCOCC2)cc1)c1cc(-c2ccc(F)cc2)n[nH]1. The van der Waals surface area contributed by atoms with Gasteiger partial charge in [-0.15, -0.1) is 0 Å². The zero-order chi connectivity index (χ0) is 21.1. The number of ether oxygens (including phenoxy) is 1. The minimum atomic E-state index is -3.59. The Morgan fingerprint density at radius 1 is 1.07 bits per heavy atom. The lowest BCUT2D eigenvalue weighted by Gasteiger charge is -2.26. The molecular weight excluding hydrogens is 411 g/mol. The normalized spacial score (nSPS) is 15.1. The quantitative estimate of drug-likeness (QED) is 0.647. The maximum atomic E-state index is 13.0. The van der Waals surface area contributed by atoms with Gasteiger partial charge in [0.05, 0.1) is 23.8 Å². The zero-order valence-corrected chi connectivity index (χ0v) is 16.7. The molecule has 1 amide bonds. The summed E-state index contributed by atoms with van der Waals surface area (Å²) >= 11 is 0. The summed E-state index contributed by atoms with van der Waals surface area (Å²) in [5, 5.41) is 9.41. The molecule has 1 aliphatic rings. The van der Waals surface area contributed by atoms with E-state index in [0.717, 1.165) is 0 Å². The smallest absolute Gasteiger partial charge is 0.273 e. The van der Waals surface area contributed by atoms with Crippen LogP contribution in [0.5, 0.6) is 0 Å². The summed E-state index contributed by atoms with van der Waals surface area (Å²) in [6.45, 7) is 1.38. The molecular formula is C20H19FN4O4S. The predicted molar refractivity (Wildman–Crippen MR) is 108 cm³/mol. The van der Waals surface area contributed by atoms with E-state index in [1.54, 1.807) is 18.2 Å². The molecule has 0 unspecified atom stereocenters. The Morgan fingerprint density at radius 2 is 1.73 bits per heavy atom. The number of halogens is 1. The second kappa shape index (κ2) is 8.34. The first kappa shape index (κ1) is 20.2. The number of carbonyl (C=O) groups excluding carboxylic acids is 1. The van der Waals surface area contributed by atoms with Crippen LogP contribution < -0.4 is 5.32 Å². The molecule has 1 aliphatic heterocycles. The monoisotopic (exact) mass is 430 g/mol. The maximum absolute atomic E-state index is 13.0. The number of sulfonamides is 1. The van der Waals surface area contributed by atoms with Gasteiger partial charge in [0.25, 0.3) is 5.91 Å². The topological polar surface area (TPSA) is 104 Å². The number of aromatic nitrogens is 2. The van der Waals surface area contributed by atoms with E-state index >= 15 is 0 Å². The molecule has 4 rings (SSSR count). The summed E-state index contributed by atoms with van der Waals surface area (Å²) in [6, 6.07) is 13.3. The zero-order valence-electron chi connectivity index (χ0n) is 15.8. The van der Waals surface area contributed by atoms with E-state index in [1.807, 2.05) is 0 Å².